The number of carbonyl (C=O) groups is 1. The maximum atomic E-state index is 11.7. The van der Waals surface area contributed by atoms with E-state index in [0.29, 0.717) is 10.8 Å². The van der Waals surface area contributed by atoms with Gasteiger partial charge in [0.25, 0.3) is 5.91 Å². The van der Waals surface area contributed by atoms with Crippen molar-refractivity contribution in [2.75, 3.05) is 32.1 Å². The Bertz CT molecular complexity index is 729. The minimum absolute atomic E-state index is 0.0547. The largest absolute Gasteiger partial charge is 0.484 e. The van der Waals surface area contributed by atoms with Gasteiger partial charge >= 0.3 is 0 Å². The number of benzene rings is 2. The summed E-state index contributed by atoms with van der Waals surface area (Å²) < 4.78 is 5.35. The first-order valence-corrected chi connectivity index (χ1v) is 7.84. The van der Waals surface area contributed by atoms with Crippen LogP contribution < -0.4 is 15.0 Å². The van der Waals surface area contributed by atoms with Gasteiger partial charge < -0.3 is 15.0 Å². The number of halogens is 1. The third-order valence-corrected chi connectivity index (χ3v) is 3.43. The highest BCUT2D eigenvalue weighted by Gasteiger charge is 2.01. The summed E-state index contributed by atoms with van der Waals surface area (Å²) in [4.78, 5) is 13.7. The molecular formula is C19H19ClN2O2. The lowest BCUT2D eigenvalue weighted by Gasteiger charge is -2.11. The van der Waals surface area contributed by atoms with Gasteiger partial charge in [-0.2, -0.15) is 0 Å². The van der Waals surface area contributed by atoms with Gasteiger partial charge in [-0.15, -0.1) is 0 Å². The number of rotatable bonds is 5. The van der Waals surface area contributed by atoms with E-state index < -0.39 is 0 Å². The predicted octanol–water partition coefficient (Wildman–Crippen LogP) is 2.95. The Morgan fingerprint density at radius 3 is 2.42 bits per heavy atom. The molecule has 0 fully saturated rings. The summed E-state index contributed by atoms with van der Waals surface area (Å²) >= 11 is 5.78. The monoisotopic (exact) mass is 342 g/mol. The lowest BCUT2D eigenvalue weighted by atomic mass is 10.2. The second kappa shape index (κ2) is 8.85. The lowest BCUT2D eigenvalue weighted by molar-refractivity contribution is -0.122. The van der Waals surface area contributed by atoms with Crippen LogP contribution in [0.15, 0.2) is 48.5 Å². The zero-order valence-electron chi connectivity index (χ0n) is 13.7. The van der Waals surface area contributed by atoms with Gasteiger partial charge in [0.05, 0.1) is 6.54 Å². The Morgan fingerprint density at radius 1 is 1.12 bits per heavy atom. The first-order chi connectivity index (χ1) is 11.5. The summed E-state index contributed by atoms with van der Waals surface area (Å²) in [5.74, 6) is 6.30. The fraction of sp³-hybridized carbons (Fsp3) is 0.211. The van der Waals surface area contributed by atoms with Crippen molar-refractivity contribution >= 4 is 23.2 Å². The lowest BCUT2D eigenvalue weighted by Crippen LogP contribution is -2.29. The van der Waals surface area contributed by atoms with Crippen molar-refractivity contribution in [3.63, 3.8) is 0 Å². The average Bonchev–Trinajstić information content (AvgIpc) is 2.58. The van der Waals surface area contributed by atoms with Crippen molar-refractivity contribution < 1.29 is 9.53 Å². The molecule has 124 valence electrons. The van der Waals surface area contributed by atoms with Crippen molar-refractivity contribution in [3.8, 4) is 17.6 Å². The fourth-order valence-electron chi connectivity index (χ4n) is 1.86. The molecule has 1 amide bonds. The summed E-state index contributed by atoms with van der Waals surface area (Å²) in [7, 11) is 3.98. The Balaban J connectivity index is 1.73. The molecule has 5 heteroatoms. The smallest absolute Gasteiger partial charge is 0.258 e. The molecule has 2 aromatic rings. The van der Waals surface area contributed by atoms with Crippen molar-refractivity contribution in [2.45, 2.75) is 0 Å². The number of anilines is 1. The molecule has 0 saturated carbocycles. The molecule has 2 rings (SSSR count). The molecule has 0 heterocycles. The van der Waals surface area contributed by atoms with Gasteiger partial charge in [0.15, 0.2) is 6.61 Å². The van der Waals surface area contributed by atoms with Crippen LogP contribution in [0.1, 0.15) is 5.56 Å². The summed E-state index contributed by atoms with van der Waals surface area (Å²) in [6, 6.07) is 14.8. The van der Waals surface area contributed by atoms with Crippen LogP contribution in [0.4, 0.5) is 5.69 Å². The number of hydrogen-bond donors (Lipinski definition) is 1. The van der Waals surface area contributed by atoms with Crippen molar-refractivity contribution in [3.05, 3.63) is 59.1 Å². The van der Waals surface area contributed by atoms with E-state index in [-0.39, 0.29) is 19.1 Å². The molecule has 0 aliphatic carbocycles. The van der Waals surface area contributed by atoms with E-state index in [1.54, 1.807) is 24.3 Å². The van der Waals surface area contributed by atoms with Gasteiger partial charge in [-0.1, -0.05) is 23.4 Å². The maximum Gasteiger partial charge on any atom is 0.258 e. The summed E-state index contributed by atoms with van der Waals surface area (Å²) in [6.07, 6.45) is 0. The standard InChI is InChI=1S/C19H19ClN2O2/c1-22(2)17-9-5-15(6-10-17)4-3-13-21-19(23)14-24-18-11-7-16(20)8-12-18/h5-12H,13-14H2,1-2H3,(H,21,23). The van der Waals surface area contributed by atoms with E-state index >= 15 is 0 Å². The summed E-state index contributed by atoms with van der Waals surface area (Å²) in [5.41, 5.74) is 2.03. The van der Waals surface area contributed by atoms with Crippen LogP contribution in [0.5, 0.6) is 5.75 Å². The van der Waals surface area contributed by atoms with E-state index in [4.69, 9.17) is 16.3 Å². The van der Waals surface area contributed by atoms with Crippen molar-refractivity contribution in [1.29, 1.82) is 0 Å². The molecule has 4 nitrogen and oxygen atoms in total. The molecule has 0 saturated heterocycles. The van der Waals surface area contributed by atoms with Crippen LogP contribution in [0.25, 0.3) is 0 Å². The average molecular weight is 343 g/mol. The van der Waals surface area contributed by atoms with Gasteiger partial charge in [0.2, 0.25) is 0 Å². The molecule has 0 aliphatic rings. The van der Waals surface area contributed by atoms with E-state index in [2.05, 4.69) is 17.2 Å². The molecule has 0 spiro atoms. The molecular weight excluding hydrogens is 324 g/mol. The summed E-state index contributed by atoms with van der Waals surface area (Å²) in [5, 5.41) is 3.32. The molecule has 0 radical (unpaired) electrons. The second-order valence-corrected chi connectivity index (χ2v) is 5.70. The zero-order chi connectivity index (χ0) is 17.4. The number of ether oxygens (including phenoxy) is 1. The number of hydrogen-bond acceptors (Lipinski definition) is 3. The van der Waals surface area contributed by atoms with Crippen molar-refractivity contribution in [1.82, 2.24) is 5.32 Å². The van der Waals surface area contributed by atoms with Crippen LogP contribution in [0.2, 0.25) is 5.02 Å². The van der Waals surface area contributed by atoms with E-state index in [0.717, 1.165) is 11.3 Å². The van der Waals surface area contributed by atoms with Crippen LogP contribution in [0, 0.1) is 11.8 Å². The van der Waals surface area contributed by atoms with Gasteiger partial charge in [-0.05, 0) is 48.5 Å². The molecule has 24 heavy (non-hydrogen) atoms. The minimum Gasteiger partial charge on any atom is -0.484 e. The number of nitrogens with one attached hydrogen (secondary N) is 1. The molecule has 2 aromatic carbocycles. The molecule has 0 aliphatic heterocycles. The summed E-state index contributed by atoms with van der Waals surface area (Å²) in [6.45, 7) is 0.221. The first-order valence-electron chi connectivity index (χ1n) is 7.46. The molecule has 0 atom stereocenters. The molecule has 0 bridgehead atoms. The van der Waals surface area contributed by atoms with Crippen molar-refractivity contribution in [2.24, 2.45) is 0 Å². The highest BCUT2D eigenvalue weighted by atomic mass is 35.5. The minimum atomic E-state index is -0.220. The molecule has 1 N–H and O–H groups in total. The van der Waals surface area contributed by atoms with E-state index in [9.17, 15) is 4.79 Å². The van der Waals surface area contributed by atoms with E-state index in [1.165, 1.54) is 0 Å². The quantitative estimate of drug-likeness (QED) is 0.849. The van der Waals surface area contributed by atoms with Gasteiger partial charge in [0, 0.05) is 30.4 Å². The molecule has 0 aromatic heterocycles. The topological polar surface area (TPSA) is 41.6 Å². The Kier molecular flexibility index (Phi) is 6.53. The van der Waals surface area contributed by atoms with Crippen LogP contribution >= 0.6 is 11.6 Å². The second-order valence-electron chi connectivity index (χ2n) is 5.26. The third kappa shape index (κ3) is 5.86. The van der Waals surface area contributed by atoms with Gasteiger partial charge in [-0.3, -0.25) is 4.79 Å². The van der Waals surface area contributed by atoms with Gasteiger partial charge in [0.1, 0.15) is 5.75 Å². The molecule has 0 unspecified atom stereocenters. The normalized spacial score (nSPS) is 9.62. The van der Waals surface area contributed by atoms with Gasteiger partial charge in [-0.25, -0.2) is 0 Å². The Morgan fingerprint density at radius 2 is 1.79 bits per heavy atom. The third-order valence-electron chi connectivity index (χ3n) is 3.17. The van der Waals surface area contributed by atoms with Crippen LogP contribution in [0.3, 0.4) is 0 Å². The highest BCUT2D eigenvalue weighted by molar-refractivity contribution is 6.30. The number of carbonyl (C=O) groups excluding carboxylic acids is 1. The number of nitrogens with zero attached hydrogens (tertiary/aromatic N) is 1. The predicted molar refractivity (Wildman–Crippen MR) is 97.6 cm³/mol. The highest BCUT2D eigenvalue weighted by Crippen LogP contribution is 2.15. The maximum absolute atomic E-state index is 11.7. The zero-order valence-corrected chi connectivity index (χ0v) is 14.4. The SMILES string of the molecule is CN(C)c1ccc(C#CCNC(=O)COc2ccc(Cl)cc2)cc1. The Hall–Kier alpha value is -2.64. The number of amides is 1. The Labute approximate surface area is 147 Å². The fourth-order valence-corrected chi connectivity index (χ4v) is 1.99. The van der Waals surface area contributed by atoms with Crippen LogP contribution in [-0.4, -0.2) is 33.2 Å². The first kappa shape index (κ1) is 17.7. The van der Waals surface area contributed by atoms with E-state index in [1.807, 2.05) is 43.3 Å². The van der Waals surface area contributed by atoms with Crippen LogP contribution in [-0.2, 0) is 4.79 Å².